The zero-order chi connectivity index (χ0) is 14.8. The van der Waals surface area contributed by atoms with Crippen molar-refractivity contribution in [3.63, 3.8) is 0 Å². The molecule has 0 aliphatic carbocycles. The van der Waals surface area contributed by atoms with E-state index in [2.05, 4.69) is 20.3 Å². The fourth-order valence-electron chi connectivity index (χ4n) is 2.10. The van der Waals surface area contributed by atoms with Crippen LogP contribution in [0, 0.1) is 0 Å². The number of hydrogen-bond donors (Lipinski definition) is 2. The van der Waals surface area contributed by atoms with Gasteiger partial charge in [-0.2, -0.15) is 0 Å². The van der Waals surface area contributed by atoms with Crippen LogP contribution in [-0.2, 0) is 0 Å². The Balaban J connectivity index is 2.17. The number of aromatic nitrogens is 3. The SMILES string of the molecule is CNc1nc(-c2ccc(OC)nc2)nc2cc(N)ccc12. The third-order valence-corrected chi connectivity index (χ3v) is 3.16. The predicted octanol–water partition coefficient (Wildman–Crippen LogP) is 2.32. The van der Waals surface area contributed by atoms with Crippen molar-refractivity contribution in [1.29, 1.82) is 0 Å². The van der Waals surface area contributed by atoms with E-state index in [4.69, 9.17) is 10.5 Å². The average molecular weight is 281 g/mol. The molecule has 2 aromatic heterocycles. The first-order valence-electron chi connectivity index (χ1n) is 6.46. The highest BCUT2D eigenvalue weighted by Crippen LogP contribution is 2.26. The highest BCUT2D eigenvalue weighted by Gasteiger charge is 2.09. The largest absolute Gasteiger partial charge is 0.481 e. The van der Waals surface area contributed by atoms with E-state index in [9.17, 15) is 0 Å². The molecule has 0 bridgehead atoms. The lowest BCUT2D eigenvalue weighted by molar-refractivity contribution is 0.398. The number of pyridine rings is 1. The molecule has 2 heterocycles. The standard InChI is InChI=1S/C15H15N5O/c1-17-15-11-5-4-10(16)7-12(11)19-14(20-15)9-3-6-13(21-2)18-8-9/h3-8H,16H2,1-2H3,(H,17,19,20). The lowest BCUT2D eigenvalue weighted by Gasteiger charge is -2.09. The van der Waals surface area contributed by atoms with Crippen LogP contribution in [-0.4, -0.2) is 29.1 Å². The lowest BCUT2D eigenvalue weighted by Crippen LogP contribution is -1.99. The molecule has 3 rings (SSSR count). The number of nitrogens with one attached hydrogen (secondary N) is 1. The van der Waals surface area contributed by atoms with Crippen molar-refractivity contribution in [3.8, 4) is 17.3 Å². The number of ether oxygens (including phenoxy) is 1. The van der Waals surface area contributed by atoms with E-state index in [0.29, 0.717) is 17.4 Å². The monoisotopic (exact) mass is 281 g/mol. The molecule has 3 N–H and O–H groups in total. The van der Waals surface area contributed by atoms with Gasteiger partial charge in [-0.05, 0) is 24.3 Å². The maximum absolute atomic E-state index is 5.83. The van der Waals surface area contributed by atoms with E-state index in [1.807, 2.05) is 31.3 Å². The van der Waals surface area contributed by atoms with Crippen molar-refractivity contribution in [3.05, 3.63) is 36.5 Å². The number of nitrogen functional groups attached to an aromatic ring is 1. The number of nitrogens with zero attached hydrogens (tertiary/aromatic N) is 3. The molecule has 0 radical (unpaired) electrons. The predicted molar refractivity (Wildman–Crippen MR) is 83.3 cm³/mol. The number of hydrogen-bond acceptors (Lipinski definition) is 6. The molecule has 0 spiro atoms. The Morgan fingerprint density at radius 1 is 1.14 bits per heavy atom. The summed E-state index contributed by atoms with van der Waals surface area (Å²) in [5.41, 5.74) is 8.11. The van der Waals surface area contributed by atoms with Gasteiger partial charge in [0, 0.05) is 35.9 Å². The third kappa shape index (κ3) is 2.43. The summed E-state index contributed by atoms with van der Waals surface area (Å²) in [7, 11) is 3.41. The van der Waals surface area contributed by atoms with Crippen molar-refractivity contribution in [2.75, 3.05) is 25.2 Å². The third-order valence-electron chi connectivity index (χ3n) is 3.16. The normalized spacial score (nSPS) is 10.6. The number of fused-ring (bicyclic) bond motifs is 1. The quantitative estimate of drug-likeness (QED) is 0.717. The average Bonchev–Trinajstić information content (AvgIpc) is 2.53. The molecule has 0 saturated carbocycles. The van der Waals surface area contributed by atoms with Crippen molar-refractivity contribution in [1.82, 2.24) is 15.0 Å². The Hall–Kier alpha value is -2.89. The van der Waals surface area contributed by atoms with E-state index >= 15 is 0 Å². The van der Waals surface area contributed by atoms with Crippen LogP contribution in [0.25, 0.3) is 22.3 Å². The van der Waals surface area contributed by atoms with Crippen molar-refractivity contribution in [2.24, 2.45) is 0 Å². The fourth-order valence-corrected chi connectivity index (χ4v) is 2.10. The zero-order valence-corrected chi connectivity index (χ0v) is 11.8. The maximum Gasteiger partial charge on any atom is 0.212 e. The second-order valence-corrected chi connectivity index (χ2v) is 4.51. The van der Waals surface area contributed by atoms with E-state index < -0.39 is 0 Å². The summed E-state index contributed by atoms with van der Waals surface area (Å²) in [6.45, 7) is 0. The summed E-state index contributed by atoms with van der Waals surface area (Å²) >= 11 is 0. The molecule has 0 saturated heterocycles. The first-order valence-corrected chi connectivity index (χ1v) is 6.46. The van der Waals surface area contributed by atoms with Gasteiger partial charge in [-0.1, -0.05) is 0 Å². The molecular weight excluding hydrogens is 266 g/mol. The smallest absolute Gasteiger partial charge is 0.212 e. The molecule has 0 aliphatic heterocycles. The summed E-state index contributed by atoms with van der Waals surface area (Å²) in [5.74, 6) is 1.90. The Kier molecular flexibility index (Phi) is 3.27. The Morgan fingerprint density at radius 3 is 2.67 bits per heavy atom. The van der Waals surface area contributed by atoms with Crippen LogP contribution in [0.3, 0.4) is 0 Å². The highest BCUT2D eigenvalue weighted by atomic mass is 16.5. The van der Waals surface area contributed by atoms with Crippen LogP contribution in [0.4, 0.5) is 11.5 Å². The van der Waals surface area contributed by atoms with Gasteiger partial charge in [-0.15, -0.1) is 0 Å². The van der Waals surface area contributed by atoms with Gasteiger partial charge in [0.25, 0.3) is 0 Å². The van der Waals surface area contributed by atoms with Crippen LogP contribution in [0.5, 0.6) is 5.88 Å². The summed E-state index contributed by atoms with van der Waals surface area (Å²) in [5, 5.41) is 4.01. The molecule has 3 aromatic rings. The second-order valence-electron chi connectivity index (χ2n) is 4.51. The molecular formula is C15H15N5O. The van der Waals surface area contributed by atoms with Crippen molar-refractivity contribution in [2.45, 2.75) is 0 Å². The lowest BCUT2D eigenvalue weighted by atomic mass is 10.2. The molecule has 6 nitrogen and oxygen atoms in total. The second kappa shape index (κ2) is 5.24. The Bertz CT molecular complexity index is 786. The molecule has 6 heteroatoms. The van der Waals surface area contributed by atoms with Gasteiger partial charge < -0.3 is 15.8 Å². The number of anilines is 2. The molecule has 21 heavy (non-hydrogen) atoms. The van der Waals surface area contributed by atoms with Crippen LogP contribution in [0.2, 0.25) is 0 Å². The fraction of sp³-hybridized carbons (Fsp3) is 0.133. The van der Waals surface area contributed by atoms with E-state index in [1.165, 1.54) is 0 Å². The first-order chi connectivity index (χ1) is 10.2. The molecule has 0 amide bonds. The minimum Gasteiger partial charge on any atom is -0.481 e. The Labute approximate surface area is 122 Å². The van der Waals surface area contributed by atoms with Crippen LogP contribution in [0.15, 0.2) is 36.5 Å². The van der Waals surface area contributed by atoms with Crippen LogP contribution in [0.1, 0.15) is 0 Å². The number of benzene rings is 1. The van der Waals surface area contributed by atoms with Gasteiger partial charge in [0.15, 0.2) is 5.82 Å². The van der Waals surface area contributed by atoms with E-state index in [1.54, 1.807) is 19.4 Å². The first kappa shape index (κ1) is 13.1. The van der Waals surface area contributed by atoms with Crippen LogP contribution >= 0.6 is 0 Å². The van der Waals surface area contributed by atoms with Crippen molar-refractivity contribution < 1.29 is 4.74 Å². The minimum atomic E-state index is 0.553. The van der Waals surface area contributed by atoms with Gasteiger partial charge in [0.1, 0.15) is 5.82 Å². The molecule has 0 aliphatic rings. The van der Waals surface area contributed by atoms with Gasteiger partial charge in [0.05, 0.1) is 12.6 Å². The minimum absolute atomic E-state index is 0.553. The van der Waals surface area contributed by atoms with Crippen molar-refractivity contribution >= 4 is 22.4 Å². The van der Waals surface area contributed by atoms with Gasteiger partial charge in [-0.25, -0.2) is 15.0 Å². The Morgan fingerprint density at radius 2 is 2.00 bits per heavy atom. The molecule has 0 fully saturated rings. The number of methoxy groups -OCH3 is 1. The van der Waals surface area contributed by atoms with E-state index in [0.717, 1.165) is 22.3 Å². The molecule has 106 valence electrons. The van der Waals surface area contributed by atoms with Gasteiger partial charge in [-0.3, -0.25) is 0 Å². The molecule has 0 atom stereocenters. The summed E-state index contributed by atoms with van der Waals surface area (Å²) in [4.78, 5) is 13.3. The van der Waals surface area contributed by atoms with E-state index in [-0.39, 0.29) is 0 Å². The summed E-state index contributed by atoms with van der Waals surface area (Å²) in [6.07, 6.45) is 1.69. The topological polar surface area (TPSA) is 86.0 Å². The summed E-state index contributed by atoms with van der Waals surface area (Å²) < 4.78 is 5.06. The van der Waals surface area contributed by atoms with Gasteiger partial charge in [0.2, 0.25) is 5.88 Å². The highest BCUT2D eigenvalue weighted by molar-refractivity contribution is 5.92. The number of rotatable bonds is 3. The summed E-state index contributed by atoms with van der Waals surface area (Å²) in [6, 6.07) is 9.23. The van der Waals surface area contributed by atoms with Gasteiger partial charge >= 0.3 is 0 Å². The maximum atomic E-state index is 5.83. The number of nitrogens with two attached hydrogens (primary N) is 1. The zero-order valence-electron chi connectivity index (χ0n) is 11.8. The molecule has 1 aromatic carbocycles. The molecule has 0 unspecified atom stereocenters. The van der Waals surface area contributed by atoms with Crippen LogP contribution < -0.4 is 15.8 Å².